The van der Waals surface area contributed by atoms with Crippen LogP contribution in [-0.2, 0) is 6.42 Å². The summed E-state index contributed by atoms with van der Waals surface area (Å²) in [5, 5.41) is 18.8. The summed E-state index contributed by atoms with van der Waals surface area (Å²) in [7, 11) is 0. The van der Waals surface area contributed by atoms with E-state index in [9.17, 15) is 10.2 Å². The van der Waals surface area contributed by atoms with Crippen LogP contribution in [0.1, 0.15) is 24.5 Å². The molecule has 0 radical (unpaired) electrons. The van der Waals surface area contributed by atoms with Crippen molar-refractivity contribution in [3.8, 4) is 11.5 Å². The molecule has 2 N–H and O–H groups in total. The number of aryl methyl sites for hydroxylation is 1. The van der Waals surface area contributed by atoms with Crippen LogP contribution in [0.25, 0.3) is 0 Å². The average Bonchev–Trinajstić information content (AvgIpc) is 2.07. The molecule has 0 fully saturated rings. The van der Waals surface area contributed by atoms with Gasteiger partial charge in [-0.1, -0.05) is 19.4 Å². The minimum atomic E-state index is 0.160. The molecular weight excluding hydrogens is 152 g/mol. The lowest BCUT2D eigenvalue weighted by Crippen LogP contribution is -1.86. The Bertz CT molecular complexity index is 279. The maximum atomic E-state index is 9.55. The lowest BCUT2D eigenvalue weighted by atomic mass is 10.1. The molecule has 0 spiro atoms. The largest absolute Gasteiger partial charge is 0.508 e. The van der Waals surface area contributed by atoms with E-state index in [1.54, 1.807) is 19.1 Å². The van der Waals surface area contributed by atoms with E-state index >= 15 is 0 Å². The number of rotatable bonds is 2. The quantitative estimate of drug-likeness (QED) is 0.708. The normalized spacial score (nSPS) is 10.2. The molecule has 0 atom stereocenters. The third-order valence-corrected chi connectivity index (χ3v) is 2.01. The Hall–Kier alpha value is -1.18. The maximum Gasteiger partial charge on any atom is 0.125 e. The van der Waals surface area contributed by atoms with Crippen molar-refractivity contribution in [1.29, 1.82) is 0 Å². The topological polar surface area (TPSA) is 40.5 Å². The van der Waals surface area contributed by atoms with Crippen LogP contribution in [0.3, 0.4) is 0 Å². The Kier molecular flexibility index (Phi) is 2.58. The van der Waals surface area contributed by atoms with Gasteiger partial charge >= 0.3 is 0 Å². The highest BCUT2D eigenvalue weighted by molar-refractivity contribution is 5.47. The van der Waals surface area contributed by atoms with Gasteiger partial charge in [0.25, 0.3) is 0 Å². The third-order valence-electron chi connectivity index (χ3n) is 2.01. The van der Waals surface area contributed by atoms with Crippen molar-refractivity contribution in [2.75, 3.05) is 0 Å². The van der Waals surface area contributed by atoms with E-state index in [0.717, 1.165) is 18.4 Å². The fraction of sp³-hybridized carbons (Fsp3) is 0.400. The number of hydrogen-bond donors (Lipinski definition) is 2. The first-order valence-corrected chi connectivity index (χ1v) is 4.17. The Labute approximate surface area is 72.5 Å². The molecule has 2 nitrogen and oxygen atoms in total. The number of aromatic hydroxyl groups is 2. The van der Waals surface area contributed by atoms with Crippen LogP contribution in [0.4, 0.5) is 0 Å². The fourth-order valence-electron chi connectivity index (χ4n) is 1.22. The van der Waals surface area contributed by atoms with Crippen molar-refractivity contribution in [3.63, 3.8) is 0 Å². The van der Waals surface area contributed by atoms with E-state index in [-0.39, 0.29) is 11.5 Å². The molecule has 0 saturated heterocycles. The van der Waals surface area contributed by atoms with Crippen LogP contribution < -0.4 is 0 Å². The first-order chi connectivity index (χ1) is 5.66. The number of hydrogen-bond acceptors (Lipinski definition) is 2. The monoisotopic (exact) mass is 166 g/mol. The van der Waals surface area contributed by atoms with E-state index in [2.05, 4.69) is 6.92 Å². The molecule has 0 aliphatic carbocycles. The van der Waals surface area contributed by atoms with Crippen LogP contribution >= 0.6 is 0 Å². The van der Waals surface area contributed by atoms with E-state index in [0.29, 0.717) is 5.56 Å². The number of phenolic OH excluding ortho intramolecular Hbond substituents is 2. The van der Waals surface area contributed by atoms with E-state index < -0.39 is 0 Å². The summed E-state index contributed by atoms with van der Waals surface area (Å²) in [5.74, 6) is 0.393. The van der Waals surface area contributed by atoms with Crippen molar-refractivity contribution in [3.05, 3.63) is 23.3 Å². The van der Waals surface area contributed by atoms with E-state index in [4.69, 9.17) is 0 Å². The van der Waals surface area contributed by atoms with Gasteiger partial charge in [0.15, 0.2) is 0 Å². The van der Waals surface area contributed by atoms with Crippen LogP contribution in [0.5, 0.6) is 11.5 Å². The van der Waals surface area contributed by atoms with Gasteiger partial charge in [0.2, 0.25) is 0 Å². The molecule has 0 aliphatic rings. The highest BCUT2D eigenvalue weighted by Crippen LogP contribution is 2.29. The molecule has 0 bridgehead atoms. The Morgan fingerprint density at radius 2 is 1.92 bits per heavy atom. The van der Waals surface area contributed by atoms with Crippen LogP contribution in [0, 0.1) is 6.92 Å². The molecule has 0 amide bonds. The van der Waals surface area contributed by atoms with Crippen molar-refractivity contribution in [2.45, 2.75) is 26.7 Å². The lowest BCUT2D eigenvalue weighted by Gasteiger charge is -2.06. The predicted molar refractivity (Wildman–Crippen MR) is 48.5 cm³/mol. The van der Waals surface area contributed by atoms with Crippen molar-refractivity contribution in [1.82, 2.24) is 0 Å². The van der Waals surface area contributed by atoms with Gasteiger partial charge in [0.1, 0.15) is 11.5 Å². The lowest BCUT2D eigenvalue weighted by molar-refractivity contribution is 0.438. The molecule has 0 unspecified atom stereocenters. The van der Waals surface area contributed by atoms with Gasteiger partial charge < -0.3 is 10.2 Å². The van der Waals surface area contributed by atoms with Gasteiger partial charge in [-0.05, 0) is 25.0 Å². The minimum absolute atomic E-state index is 0.160. The zero-order valence-corrected chi connectivity index (χ0v) is 7.46. The molecule has 0 saturated carbocycles. The molecule has 66 valence electrons. The third kappa shape index (κ3) is 1.52. The summed E-state index contributed by atoms with van der Waals surface area (Å²) in [5.41, 5.74) is 1.48. The summed E-state index contributed by atoms with van der Waals surface area (Å²) < 4.78 is 0. The smallest absolute Gasteiger partial charge is 0.125 e. The van der Waals surface area contributed by atoms with Gasteiger partial charge in [0, 0.05) is 5.56 Å². The first-order valence-electron chi connectivity index (χ1n) is 4.17. The zero-order chi connectivity index (χ0) is 9.14. The molecule has 0 heterocycles. The predicted octanol–water partition coefficient (Wildman–Crippen LogP) is 2.36. The molecule has 0 aliphatic heterocycles. The van der Waals surface area contributed by atoms with Crippen molar-refractivity contribution >= 4 is 0 Å². The molecular formula is C10H14O2. The standard InChI is InChI=1S/C10H14O2/c1-3-4-8-5-6-9(11)7(2)10(8)12/h5-6,11-12H,3-4H2,1-2H3. The van der Waals surface area contributed by atoms with Gasteiger partial charge in [0.05, 0.1) is 0 Å². The number of phenols is 2. The highest BCUT2D eigenvalue weighted by Gasteiger charge is 2.06. The second kappa shape index (κ2) is 3.48. The van der Waals surface area contributed by atoms with Gasteiger partial charge in [-0.15, -0.1) is 0 Å². The van der Waals surface area contributed by atoms with Crippen LogP contribution in [0.15, 0.2) is 12.1 Å². The summed E-state index contributed by atoms with van der Waals surface area (Å²) in [6.45, 7) is 3.77. The molecule has 1 aromatic rings. The highest BCUT2D eigenvalue weighted by atomic mass is 16.3. The Balaban J connectivity index is 3.08. The van der Waals surface area contributed by atoms with Gasteiger partial charge in [-0.3, -0.25) is 0 Å². The molecule has 1 aromatic carbocycles. The van der Waals surface area contributed by atoms with E-state index in [1.807, 2.05) is 0 Å². The summed E-state index contributed by atoms with van der Waals surface area (Å²) >= 11 is 0. The van der Waals surface area contributed by atoms with Gasteiger partial charge in [-0.25, -0.2) is 0 Å². The number of benzene rings is 1. The first kappa shape index (κ1) is 8.91. The van der Waals surface area contributed by atoms with Crippen molar-refractivity contribution in [2.24, 2.45) is 0 Å². The summed E-state index contributed by atoms with van der Waals surface area (Å²) in [6, 6.07) is 3.39. The minimum Gasteiger partial charge on any atom is -0.508 e. The molecule has 0 aromatic heterocycles. The van der Waals surface area contributed by atoms with Crippen LogP contribution in [0.2, 0.25) is 0 Å². The second-order valence-electron chi connectivity index (χ2n) is 2.97. The SMILES string of the molecule is CCCc1ccc(O)c(C)c1O. The average molecular weight is 166 g/mol. The zero-order valence-electron chi connectivity index (χ0n) is 7.46. The van der Waals surface area contributed by atoms with Crippen molar-refractivity contribution < 1.29 is 10.2 Å². The molecule has 1 rings (SSSR count). The Morgan fingerprint density at radius 1 is 1.25 bits per heavy atom. The maximum absolute atomic E-state index is 9.55. The fourth-order valence-corrected chi connectivity index (χ4v) is 1.22. The van der Waals surface area contributed by atoms with Crippen LogP contribution in [-0.4, -0.2) is 10.2 Å². The summed E-state index contributed by atoms with van der Waals surface area (Å²) in [4.78, 5) is 0. The van der Waals surface area contributed by atoms with Gasteiger partial charge in [-0.2, -0.15) is 0 Å². The Morgan fingerprint density at radius 3 is 2.50 bits per heavy atom. The molecule has 12 heavy (non-hydrogen) atoms. The molecule has 2 heteroatoms. The summed E-state index contributed by atoms with van der Waals surface area (Å²) in [6.07, 6.45) is 1.85. The second-order valence-corrected chi connectivity index (χ2v) is 2.97. The van der Waals surface area contributed by atoms with E-state index in [1.165, 1.54) is 0 Å².